The van der Waals surface area contributed by atoms with E-state index in [-0.39, 0.29) is 9.54 Å². The van der Waals surface area contributed by atoms with Gasteiger partial charge in [-0.3, -0.25) is 10.2 Å². The summed E-state index contributed by atoms with van der Waals surface area (Å²) in [6.07, 6.45) is -1.30. The standard InChI is InChI=1S/C34H30N8O2S2/c43-31(25-17-9-3-10-18-25)29(23-13-5-1-6-14-23)39-41-27(35-37-33(41)45)21-22-28-36-38-34(46)42(28)40-30(24-15-7-2-8-16-24)32(44)26-19-11-4-12-20-26/h1-20,31-32,43-44H,21-22H2,(H,37,45)(H,38,46)/b39-29-,40-30+. The minimum atomic E-state index is -1.01. The maximum Gasteiger partial charge on any atom is 0.216 e. The van der Waals surface area contributed by atoms with Crippen molar-refractivity contribution in [2.24, 2.45) is 10.2 Å². The molecular weight excluding hydrogens is 617 g/mol. The molecule has 6 aromatic rings. The number of aryl methyl sites for hydroxylation is 2. The van der Waals surface area contributed by atoms with Crippen molar-refractivity contribution >= 4 is 35.9 Å². The van der Waals surface area contributed by atoms with E-state index in [4.69, 9.17) is 34.6 Å². The van der Waals surface area contributed by atoms with Gasteiger partial charge in [0.15, 0.2) is 11.6 Å². The molecule has 230 valence electrons. The highest BCUT2D eigenvalue weighted by molar-refractivity contribution is 7.71. The van der Waals surface area contributed by atoms with Crippen molar-refractivity contribution in [3.05, 3.63) is 165 Å². The number of aliphatic hydroxyl groups is 2. The third-order valence-electron chi connectivity index (χ3n) is 7.31. The van der Waals surface area contributed by atoms with Gasteiger partial charge in [-0.1, -0.05) is 121 Å². The quantitative estimate of drug-likeness (QED) is 0.102. The number of hydrogen-bond acceptors (Lipinski definition) is 8. The number of benzene rings is 4. The topological polar surface area (TPSA) is 132 Å². The zero-order valence-corrected chi connectivity index (χ0v) is 26.1. The van der Waals surface area contributed by atoms with Crippen LogP contribution in [-0.2, 0) is 12.8 Å². The molecule has 0 radical (unpaired) electrons. The molecule has 4 N–H and O–H groups in total. The molecule has 2 atom stereocenters. The molecule has 0 saturated heterocycles. The number of nitrogens with one attached hydrogen (secondary N) is 2. The Labute approximate surface area is 275 Å². The van der Waals surface area contributed by atoms with Crippen LogP contribution in [0.3, 0.4) is 0 Å². The molecule has 0 fully saturated rings. The normalized spacial score (nSPS) is 13.4. The van der Waals surface area contributed by atoms with Gasteiger partial charge in [-0.25, -0.2) is 0 Å². The fraction of sp³-hybridized carbons (Fsp3) is 0.118. The molecule has 0 aliphatic carbocycles. The summed E-state index contributed by atoms with van der Waals surface area (Å²) in [5, 5.41) is 46.9. The van der Waals surface area contributed by atoms with Crippen molar-refractivity contribution in [2.45, 2.75) is 25.0 Å². The number of rotatable bonds is 11. The Kier molecular flexibility index (Phi) is 9.60. The van der Waals surface area contributed by atoms with Crippen LogP contribution in [-0.4, -0.2) is 51.4 Å². The van der Waals surface area contributed by atoms with Gasteiger partial charge in [0.05, 0.1) is 0 Å². The van der Waals surface area contributed by atoms with Crippen LogP contribution in [0, 0.1) is 9.54 Å². The van der Waals surface area contributed by atoms with E-state index >= 15 is 0 Å². The van der Waals surface area contributed by atoms with Gasteiger partial charge < -0.3 is 10.2 Å². The first kappa shape index (κ1) is 30.9. The number of nitrogens with zero attached hydrogens (tertiary/aromatic N) is 6. The first-order valence-corrected chi connectivity index (χ1v) is 15.4. The summed E-state index contributed by atoms with van der Waals surface area (Å²) < 4.78 is 3.59. The second-order valence-electron chi connectivity index (χ2n) is 10.3. The Balaban J connectivity index is 1.34. The minimum Gasteiger partial charge on any atom is -0.382 e. The first-order chi connectivity index (χ1) is 22.5. The molecule has 0 amide bonds. The molecule has 2 heterocycles. The molecule has 2 aromatic heterocycles. The van der Waals surface area contributed by atoms with Gasteiger partial charge in [-0.2, -0.15) is 29.8 Å². The number of hydrogen-bond donors (Lipinski definition) is 4. The molecule has 10 nitrogen and oxygen atoms in total. The van der Waals surface area contributed by atoms with E-state index in [0.29, 0.717) is 47.0 Å². The van der Waals surface area contributed by atoms with Gasteiger partial charge in [0.1, 0.15) is 23.6 Å². The molecule has 0 aliphatic rings. The maximum atomic E-state index is 11.4. The largest absolute Gasteiger partial charge is 0.382 e. The lowest BCUT2D eigenvalue weighted by Crippen LogP contribution is -2.17. The number of H-pyrrole nitrogens is 2. The van der Waals surface area contributed by atoms with Gasteiger partial charge in [0.2, 0.25) is 9.54 Å². The number of aliphatic hydroxyl groups excluding tert-OH is 2. The molecule has 0 spiro atoms. The molecular formula is C34H30N8O2S2. The highest BCUT2D eigenvalue weighted by Gasteiger charge is 2.21. The van der Waals surface area contributed by atoms with E-state index < -0.39 is 12.2 Å². The molecule has 12 heteroatoms. The van der Waals surface area contributed by atoms with Crippen molar-refractivity contribution in [3.63, 3.8) is 0 Å². The van der Waals surface area contributed by atoms with E-state index in [1.165, 1.54) is 9.35 Å². The molecule has 0 aliphatic heterocycles. The molecule has 2 unspecified atom stereocenters. The molecule has 6 rings (SSSR count). The average Bonchev–Trinajstić information content (AvgIpc) is 3.65. The SMILES string of the molecule is OC(/C(=N\n1c(CCc2n[nH]c(=S)n2/N=C(\c2ccccc2)C(O)c2ccccc2)n[nH]c1=S)c1ccccc1)c1ccccc1. The van der Waals surface area contributed by atoms with Crippen LogP contribution in [0.5, 0.6) is 0 Å². The summed E-state index contributed by atoms with van der Waals surface area (Å²) >= 11 is 11.1. The lowest BCUT2D eigenvalue weighted by Gasteiger charge is -2.15. The van der Waals surface area contributed by atoms with Crippen molar-refractivity contribution in [2.75, 3.05) is 0 Å². The zero-order valence-electron chi connectivity index (χ0n) is 24.5. The zero-order chi connectivity index (χ0) is 31.9. The third-order valence-corrected chi connectivity index (χ3v) is 7.84. The fourth-order valence-corrected chi connectivity index (χ4v) is 5.35. The molecule has 46 heavy (non-hydrogen) atoms. The van der Waals surface area contributed by atoms with Crippen LogP contribution >= 0.6 is 24.4 Å². The highest BCUT2D eigenvalue weighted by atomic mass is 32.1. The van der Waals surface area contributed by atoms with Crippen molar-refractivity contribution in [1.29, 1.82) is 0 Å². The smallest absolute Gasteiger partial charge is 0.216 e. The lowest BCUT2D eigenvalue weighted by molar-refractivity contribution is 0.247. The highest BCUT2D eigenvalue weighted by Crippen LogP contribution is 2.22. The molecule has 4 aromatic carbocycles. The molecule has 0 bridgehead atoms. The average molecular weight is 647 g/mol. The van der Waals surface area contributed by atoms with Crippen LogP contribution in [0.2, 0.25) is 0 Å². The van der Waals surface area contributed by atoms with Gasteiger partial charge >= 0.3 is 0 Å². The Hall–Kier alpha value is -5.14. The number of aromatic amines is 2. The van der Waals surface area contributed by atoms with Crippen LogP contribution < -0.4 is 0 Å². The van der Waals surface area contributed by atoms with Crippen molar-refractivity contribution in [1.82, 2.24) is 29.7 Å². The summed E-state index contributed by atoms with van der Waals surface area (Å²) in [5.41, 5.74) is 3.71. The Morgan fingerprint density at radius 2 is 0.891 bits per heavy atom. The summed E-state index contributed by atoms with van der Waals surface area (Å²) in [7, 11) is 0. The van der Waals surface area contributed by atoms with E-state index in [1.807, 2.05) is 121 Å². The van der Waals surface area contributed by atoms with Crippen molar-refractivity contribution < 1.29 is 10.2 Å². The maximum absolute atomic E-state index is 11.4. The lowest BCUT2D eigenvalue weighted by atomic mass is 9.99. The van der Waals surface area contributed by atoms with Crippen LogP contribution in [0.25, 0.3) is 0 Å². The Morgan fingerprint density at radius 1 is 0.565 bits per heavy atom. The Morgan fingerprint density at radius 3 is 1.24 bits per heavy atom. The molecule has 0 saturated carbocycles. The number of aromatic nitrogens is 6. The van der Waals surface area contributed by atoms with E-state index in [9.17, 15) is 10.2 Å². The van der Waals surface area contributed by atoms with E-state index in [1.54, 1.807) is 0 Å². The second kappa shape index (κ2) is 14.3. The van der Waals surface area contributed by atoms with E-state index in [0.717, 1.165) is 11.1 Å². The minimum absolute atomic E-state index is 0.276. The summed E-state index contributed by atoms with van der Waals surface area (Å²) in [6.45, 7) is 0. The Bertz CT molecular complexity index is 1920. The van der Waals surface area contributed by atoms with E-state index in [2.05, 4.69) is 20.4 Å². The summed E-state index contributed by atoms with van der Waals surface area (Å²) in [6, 6.07) is 37.6. The third kappa shape index (κ3) is 6.90. The van der Waals surface area contributed by atoms with Crippen LogP contribution in [0.1, 0.15) is 46.1 Å². The second-order valence-corrected chi connectivity index (χ2v) is 11.1. The monoisotopic (exact) mass is 646 g/mol. The summed E-state index contributed by atoms with van der Waals surface area (Å²) in [4.78, 5) is 0. The van der Waals surface area contributed by atoms with Crippen molar-refractivity contribution in [3.8, 4) is 0 Å². The predicted molar refractivity (Wildman–Crippen MR) is 182 cm³/mol. The van der Waals surface area contributed by atoms with Crippen LogP contribution in [0.4, 0.5) is 0 Å². The van der Waals surface area contributed by atoms with Gasteiger partial charge in [-0.05, 0) is 35.6 Å². The van der Waals surface area contributed by atoms with Gasteiger partial charge in [-0.15, -0.1) is 0 Å². The van der Waals surface area contributed by atoms with Crippen LogP contribution in [0.15, 0.2) is 132 Å². The predicted octanol–water partition coefficient (Wildman–Crippen LogP) is 5.95. The van der Waals surface area contributed by atoms with Gasteiger partial charge in [0.25, 0.3) is 0 Å². The fourth-order valence-electron chi connectivity index (χ4n) is 4.96. The van der Waals surface area contributed by atoms with Gasteiger partial charge in [0, 0.05) is 24.0 Å². The first-order valence-electron chi connectivity index (χ1n) is 14.6. The summed E-state index contributed by atoms with van der Waals surface area (Å²) in [5.74, 6) is 1.05.